The van der Waals surface area contributed by atoms with Crippen molar-refractivity contribution in [1.29, 1.82) is 0 Å². The first-order valence-corrected chi connectivity index (χ1v) is 6.42. The molecule has 3 rings (SSSR count). The highest BCUT2D eigenvalue weighted by molar-refractivity contribution is 6.13. The lowest BCUT2D eigenvalue weighted by atomic mass is 9.87. The zero-order chi connectivity index (χ0) is 17.8. The van der Waals surface area contributed by atoms with E-state index in [0.29, 0.717) is 0 Å². The molecule has 1 aliphatic carbocycles. The molecule has 0 saturated carbocycles. The van der Waals surface area contributed by atoms with Crippen LogP contribution in [0.2, 0.25) is 0 Å². The van der Waals surface area contributed by atoms with Crippen molar-refractivity contribution in [3.63, 3.8) is 0 Å². The Morgan fingerprint density at radius 1 is 1.04 bits per heavy atom. The minimum atomic E-state index is -1.90. The molecule has 0 spiro atoms. The number of carboxylic acid groups (broad SMARTS) is 3. The van der Waals surface area contributed by atoms with E-state index in [9.17, 15) is 29.4 Å². The van der Waals surface area contributed by atoms with Gasteiger partial charge in [-0.1, -0.05) is 0 Å². The van der Waals surface area contributed by atoms with Gasteiger partial charge < -0.3 is 25.4 Å². The Morgan fingerprint density at radius 3 is 2.25 bits per heavy atom. The number of hydrogen-bond acceptors (Lipinski definition) is 6. The van der Waals surface area contributed by atoms with Gasteiger partial charge in [0.1, 0.15) is 11.4 Å². The summed E-state index contributed by atoms with van der Waals surface area (Å²) in [7, 11) is 0. The van der Waals surface area contributed by atoms with Crippen molar-refractivity contribution in [2.45, 2.75) is 6.10 Å². The van der Waals surface area contributed by atoms with E-state index in [1.54, 1.807) is 0 Å². The third-order valence-corrected chi connectivity index (χ3v) is 3.57. The number of carbonyl (C=O) groups excluding carboxylic acids is 1. The number of hydrogen-bond donors (Lipinski definition) is 5. The summed E-state index contributed by atoms with van der Waals surface area (Å²) in [5.41, 5.74) is -2.59. The Hall–Kier alpha value is -3.53. The summed E-state index contributed by atoms with van der Waals surface area (Å²) in [6, 6.07) is 1.75. The van der Waals surface area contributed by atoms with Crippen molar-refractivity contribution in [2.75, 3.05) is 0 Å². The van der Waals surface area contributed by atoms with Crippen LogP contribution in [0.4, 0.5) is 0 Å². The van der Waals surface area contributed by atoms with Crippen LogP contribution in [0.5, 0.6) is 0 Å². The standard InChI is InChI=1S/C14H8N2O8/c17-10-4-2-6(14(23)24)15-8(4)7-3(12(19)20)1-5(13(21)22)16-9(7)11(10)18/h1-2,11,15,18H,(H,19,20)(H,21,22)(H,23,24)/t11-/m1/s1. The smallest absolute Gasteiger partial charge is 0.354 e. The molecule has 122 valence electrons. The number of aromatic carboxylic acids is 3. The molecule has 2 heterocycles. The Balaban J connectivity index is 2.41. The fourth-order valence-corrected chi connectivity index (χ4v) is 2.54. The topological polar surface area (TPSA) is 178 Å². The highest BCUT2D eigenvalue weighted by atomic mass is 16.4. The molecule has 0 fully saturated rings. The summed E-state index contributed by atoms with van der Waals surface area (Å²) < 4.78 is 0. The van der Waals surface area contributed by atoms with Gasteiger partial charge in [0.05, 0.1) is 17.0 Å². The first kappa shape index (κ1) is 15.4. The van der Waals surface area contributed by atoms with E-state index < -0.39 is 46.7 Å². The summed E-state index contributed by atoms with van der Waals surface area (Å²) in [5, 5.41) is 37.4. The predicted molar refractivity (Wildman–Crippen MR) is 74.2 cm³/mol. The molecule has 0 aliphatic heterocycles. The average molecular weight is 332 g/mol. The van der Waals surface area contributed by atoms with Crippen molar-refractivity contribution < 1.29 is 39.6 Å². The van der Waals surface area contributed by atoms with E-state index in [1.807, 2.05) is 0 Å². The van der Waals surface area contributed by atoms with Crippen LogP contribution in [-0.2, 0) is 0 Å². The van der Waals surface area contributed by atoms with Crippen LogP contribution in [0.3, 0.4) is 0 Å². The number of carboxylic acids is 3. The number of nitrogens with one attached hydrogen (secondary N) is 1. The number of ketones is 1. The molecule has 0 bridgehead atoms. The van der Waals surface area contributed by atoms with E-state index in [2.05, 4.69) is 9.97 Å². The summed E-state index contributed by atoms with van der Waals surface area (Å²) in [4.78, 5) is 51.8. The van der Waals surface area contributed by atoms with Crippen LogP contribution in [0.15, 0.2) is 12.1 Å². The molecule has 10 heteroatoms. The zero-order valence-corrected chi connectivity index (χ0v) is 11.6. The largest absolute Gasteiger partial charge is 0.478 e. The van der Waals surface area contributed by atoms with Gasteiger partial charge in [0.25, 0.3) is 0 Å². The third-order valence-electron chi connectivity index (χ3n) is 3.57. The Kier molecular flexibility index (Phi) is 3.20. The Morgan fingerprint density at radius 2 is 1.71 bits per heavy atom. The van der Waals surface area contributed by atoms with Crippen molar-refractivity contribution in [3.05, 3.63) is 40.3 Å². The predicted octanol–water partition coefficient (Wildman–Crippen LogP) is 0.401. The lowest BCUT2D eigenvalue weighted by molar-refractivity contribution is 0.0669. The number of carbonyl (C=O) groups is 4. The van der Waals surface area contributed by atoms with E-state index in [4.69, 9.17) is 10.2 Å². The normalized spacial score (nSPS) is 15.5. The number of nitrogens with zero attached hydrogens (tertiary/aromatic N) is 1. The maximum absolute atomic E-state index is 12.2. The molecular formula is C14H8N2O8. The number of Topliss-reactive ketones (excluding diaryl/α,β-unsaturated/α-hetero) is 1. The third kappa shape index (κ3) is 2.05. The van der Waals surface area contributed by atoms with E-state index in [-0.39, 0.29) is 22.5 Å². The van der Waals surface area contributed by atoms with Gasteiger partial charge in [0, 0.05) is 11.1 Å². The van der Waals surface area contributed by atoms with Crippen molar-refractivity contribution in [3.8, 4) is 11.3 Å². The van der Waals surface area contributed by atoms with Crippen molar-refractivity contribution in [1.82, 2.24) is 9.97 Å². The van der Waals surface area contributed by atoms with Crippen LogP contribution in [0.25, 0.3) is 11.3 Å². The zero-order valence-electron chi connectivity index (χ0n) is 11.6. The molecule has 0 unspecified atom stereocenters. The first-order valence-electron chi connectivity index (χ1n) is 6.42. The summed E-state index contributed by atoms with van der Waals surface area (Å²) in [6.45, 7) is 0. The fourth-order valence-electron chi connectivity index (χ4n) is 2.54. The molecule has 24 heavy (non-hydrogen) atoms. The van der Waals surface area contributed by atoms with Crippen molar-refractivity contribution in [2.24, 2.45) is 0 Å². The Bertz CT molecular complexity index is 942. The monoisotopic (exact) mass is 332 g/mol. The number of aliphatic hydroxyl groups excluding tert-OH is 1. The minimum Gasteiger partial charge on any atom is -0.478 e. The van der Waals surface area contributed by atoms with Crippen LogP contribution >= 0.6 is 0 Å². The van der Waals surface area contributed by atoms with Crippen LogP contribution in [-0.4, -0.2) is 54.1 Å². The fraction of sp³-hybridized carbons (Fsp3) is 0.0714. The lowest BCUT2D eigenvalue weighted by Crippen LogP contribution is -2.23. The van der Waals surface area contributed by atoms with Gasteiger partial charge >= 0.3 is 17.9 Å². The SMILES string of the molecule is O=C(O)c1cc(C(=O)O)c2c(n1)[C@@H](O)C(=O)c1cc(C(=O)O)[nH]c1-2. The molecule has 0 amide bonds. The quantitative estimate of drug-likeness (QED) is 0.532. The number of rotatable bonds is 3. The highest BCUT2D eigenvalue weighted by Crippen LogP contribution is 2.40. The molecule has 0 radical (unpaired) electrons. The van der Waals surface area contributed by atoms with Gasteiger partial charge in [-0.05, 0) is 12.1 Å². The maximum atomic E-state index is 12.2. The van der Waals surface area contributed by atoms with Gasteiger partial charge in [-0.2, -0.15) is 0 Å². The molecule has 1 atom stereocenters. The summed E-state index contributed by atoms with van der Waals surface area (Å²) >= 11 is 0. The molecule has 2 aromatic heterocycles. The molecule has 5 N–H and O–H groups in total. The molecule has 0 aromatic carbocycles. The number of aliphatic hydroxyl groups is 1. The van der Waals surface area contributed by atoms with Crippen molar-refractivity contribution >= 4 is 23.7 Å². The maximum Gasteiger partial charge on any atom is 0.354 e. The van der Waals surface area contributed by atoms with Crippen LogP contribution in [0, 0.1) is 0 Å². The molecule has 0 saturated heterocycles. The summed E-state index contributed by atoms with van der Waals surface area (Å²) in [5.74, 6) is -5.36. The van der Waals surface area contributed by atoms with Gasteiger partial charge in [0.2, 0.25) is 0 Å². The molecular weight excluding hydrogens is 324 g/mol. The second-order valence-electron chi connectivity index (χ2n) is 4.97. The van der Waals surface area contributed by atoms with E-state index in [0.717, 1.165) is 12.1 Å². The average Bonchev–Trinajstić information content (AvgIpc) is 2.96. The number of H-pyrrole nitrogens is 1. The Labute approximate surface area is 132 Å². The van der Waals surface area contributed by atoms with Gasteiger partial charge in [-0.3, -0.25) is 4.79 Å². The number of aromatic amines is 1. The van der Waals surface area contributed by atoms with E-state index in [1.165, 1.54) is 0 Å². The van der Waals surface area contributed by atoms with Crippen LogP contribution < -0.4 is 0 Å². The minimum absolute atomic E-state index is 0.139. The second kappa shape index (κ2) is 4.99. The number of fused-ring (bicyclic) bond motifs is 3. The van der Waals surface area contributed by atoms with Gasteiger partial charge in [-0.15, -0.1) is 0 Å². The summed E-state index contributed by atoms with van der Waals surface area (Å²) in [6.07, 6.45) is -1.90. The first-order chi connectivity index (χ1) is 11.2. The second-order valence-corrected chi connectivity index (χ2v) is 4.97. The number of aromatic nitrogens is 2. The molecule has 10 nitrogen and oxygen atoms in total. The highest BCUT2D eigenvalue weighted by Gasteiger charge is 2.38. The van der Waals surface area contributed by atoms with Gasteiger partial charge in [-0.25, -0.2) is 19.4 Å². The van der Waals surface area contributed by atoms with Gasteiger partial charge in [0.15, 0.2) is 11.9 Å². The van der Waals surface area contributed by atoms with E-state index >= 15 is 0 Å². The number of pyridine rings is 1. The van der Waals surface area contributed by atoms with Crippen LogP contribution in [0.1, 0.15) is 53.5 Å². The lowest BCUT2D eigenvalue weighted by Gasteiger charge is -2.21. The molecule has 2 aromatic rings. The molecule has 1 aliphatic rings.